The van der Waals surface area contributed by atoms with Crippen molar-refractivity contribution in [2.24, 2.45) is 0 Å². The first-order chi connectivity index (χ1) is 13.4. The summed E-state index contributed by atoms with van der Waals surface area (Å²) in [7, 11) is 0. The molecule has 29 heavy (non-hydrogen) atoms. The molecule has 0 unspecified atom stereocenters. The number of nitriles is 2. The van der Waals surface area contributed by atoms with E-state index in [-0.39, 0.29) is 10.8 Å². The molecule has 0 amide bonds. The highest BCUT2D eigenvalue weighted by molar-refractivity contribution is 5.58. The normalized spacial score (nSPS) is 11.4. The van der Waals surface area contributed by atoms with Crippen molar-refractivity contribution < 1.29 is 14.2 Å². The molecule has 0 heterocycles. The zero-order valence-electron chi connectivity index (χ0n) is 18.4. The van der Waals surface area contributed by atoms with Crippen LogP contribution >= 0.6 is 0 Å². The topological polar surface area (TPSA) is 75.3 Å². The summed E-state index contributed by atoms with van der Waals surface area (Å²) in [5, 5.41) is 18.4. The van der Waals surface area contributed by atoms with Crippen LogP contribution in [0.5, 0.6) is 23.0 Å². The zero-order valence-corrected chi connectivity index (χ0v) is 18.4. The van der Waals surface area contributed by atoms with Crippen molar-refractivity contribution in [3.05, 3.63) is 46.5 Å². The molecule has 0 aromatic heterocycles. The Balaban J connectivity index is 2.75. The summed E-state index contributed by atoms with van der Waals surface area (Å²) >= 11 is 0. The molecule has 0 aliphatic heterocycles. The van der Waals surface area contributed by atoms with Crippen molar-refractivity contribution in [1.29, 1.82) is 10.5 Å². The fourth-order valence-electron chi connectivity index (χ4n) is 3.17. The van der Waals surface area contributed by atoms with Gasteiger partial charge in [0.05, 0.1) is 0 Å². The molecule has 0 N–H and O–H groups in total. The molecule has 0 radical (unpaired) electrons. The van der Waals surface area contributed by atoms with E-state index in [1.165, 1.54) is 0 Å². The fourth-order valence-corrected chi connectivity index (χ4v) is 3.17. The monoisotopic (exact) mass is 392 g/mol. The van der Waals surface area contributed by atoms with Crippen molar-refractivity contribution in [1.82, 2.24) is 0 Å². The van der Waals surface area contributed by atoms with Gasteiger partial charge < -0.3 is 14.2 Å². The maximum atomic E-state index is 9.21. The Labute approximate surface area is 173 Å². The Morgan fingerprint density at radius 1 is 0.655 bits per heavy atom. The number of rotatable bonds is 4. The van der Waals surface area contributed by atoms with Gasteiger partial charge in [0.25, 0.3) is 12.5 Å². The summed E-state index contributed by atoms with van der Waals surface area (Å²) in [6, 6.07) is 7.61. The number of hydrogen-bond acceptors (Lipinski definition) is 5. The number of aryl methyl sites for hydroxylation is 2. The first-order valence-corrected chi connectivity index (χ1v) is 9.48. The Kier molecular flexibility index (Phi) is 6.14. The van der Waals surface area contributed by atoms with Crippen LogP contribution in [0.3, 0.4) is 0 Å². The number of benzene rings is 2. The summed E-state index contributed by atoms with van der Waals surface area (Å²) in [5.74, 6) is 1.55. The highest BCUT2D eigenvalue weighted by Gasteiger charge is 2.27. The standard InChI is InChI=1S/C24H28N2O3/c1-15-9-17(23(3,4)5)21(27-13-25)19(11-15)29-20-12-16(2)10-18(24(6,7)8)22(20)28-14-26/h9-12H,1-8H3. The van der Waals surface area contributed by atoms with Gasteiger partial charge in [0.15, 0.2) is 23.0 Å². The number of hydrogen-bond donors (Lipinski definition) is 0. The van der Waals surface area contributed by atoms with Crippen LogP contribution in [-0.2, 0) is 10.8 Å². The minimum absolute atomic E-state index is 0.258. The van der Waals surface area contributed by atoms with Crippen LogP contribution in [0, 0.1) is 36.9 Å². The predicted molar refractivity (Wildman–Crippen MR) is 112 cm³/mol. The molecule has 0 fully saturated rings. The van der Waals surface area contributed by atoms with Crippen molar-refractivity contribution in [2.45, 2.75) is 66.2 Å². The van der Waals surface area contributed by atoms with E-state index in [9.17, 15) is 10.5 Å². The van der Waals surface area contributed by atoms with E-state index in [4.69, 9.17) is 14.2 Å². The molecule has 0 saturated heterocycles. The van der Waals surface area contributed by atoms with E-state index in [0.29, 0.717) is 23.0 Å². The molecule has 0 aliphatic carbocycles. The van der Waals surface area contributed by atoms with Gasteiger partial charge in [0.1, 0.15) is 0 Å². The van der Waals surface area contributed by atoms with Gasteiger partial charge in [-0.1, -0.05) is 53.7 Å². The van der Waals surface area contributed by atoms with Crippen molar-refractivity contribution in [3.8, 4) is 35.5 Å². The fraction of sp³-hybridized carbons (Fsp3) is 0.417. The second-order valence-electron chi connectivity index (χ2n) is 9.27. The van der Waals surface area contributed by atoms with Crippen LogP contribution in [0.4, 0.5) is 0 Å². The second-order valence-corrected chi connectivity index (χ2v) is 9.27. The molecule has 2 aromatic carbocycles. The minimum Gasteiger partial charge on any atom is -0.449 e. The Morgan fingerprint density at radius 2 is 1.00 bits per heavy atom. The maximum Gasteiger partial charge on any atom is 0.292 e. The SMILES string of the molecule is Cc1cc(Oc2cc(C)cc(C(C)(C)C)c2OC#N)c(OC#N)c(C(C)(C)C)c1. The molecular formula is C24H28N2O3. The molecule has 0 spiro atoms. The average Bonchev–Trinajstić information content (AvgIpc) is 2.57. The quantitative estimate of drug-likeness (QED) is 0.562. The third-order valence-electron chi connectivity index (χ3n) is 4.53. The number of ether oxygens (including phenoxy) is 3. The lowest BCUT2D eigenvalue weighted by Crippen LogP contribution is -2.14. The molecule has 2 rings (SSSR count). The van der Waals surface area contributed by atoms with Gasteiger partial charge in [0.2, 0.25) is 0 Å². The van der Waals surface area contributed by atoms with Crippen LogP contribution in [0.2, 0.25) is 0 Å². The molecule has 5 heteroatoms. The molecule has 152 valence electrons. The smallest absolute Gasteiger partial charge is 0.292 e. The van der Waals surface area contributed by atoms with Gasteiger partial charge >= 0.3 is 0 Å². The summed E-state index contributed by atoms with van der Waals surface area (Å²) in [6.45, 7) is 16.2. The van der Waals surface area contributed by atoms with Gasteiger partial charge in [-0.3, -0.25) is 0 Å². The van der Waals surface area contributed by atoms with Gasteiger partial charge in [0, 0.05) is 11.1 Å². The Morgan fingerprint density at radius 3 is 1.28 bits per heavy atom. The van der Waals surface area contributed by atoms with E-state index >= 15 is 0 Å². The highest BCUT2D eigenvalue weighted by atomic mass is 16.5. The second kappa shape index (κ2) is 8.05. The van der Waals surface area contributed by atoms with Crippen LogP contribution in [-0.4, -0.2) is 0 Å². The molecule has 2 aromatic rings. The van der Waals surface area contributed by atoms with E-state index in [1.807, 2.05) is 79.7 Å². The minimum atomic E-state index is -0.258. The first-order valence-electron chi connectivity index (χ1n) is 9.48. The van der Waals surface area contributed by atoms with E-state index < -0.39 is 0 Å². The van der Waals surface area contributed by atoms with Gasteiger partial charge in [-0.15, -0.1) is 10.5 Å². The Hall–Kier alpha value is -3.18. The lowest BCUT2D eigenvalue weighted by Gasteiger charge is -2.25. The summed E-state index contributed by atoms with van der Waals surface area (Å²) < 4.78 is 16.9. The summed E-state index contributed by atoms with van der Waals surface area (Å²) in [5.41, 5.74) is 3.15. The van der Waals surface area contributed by atoms with Crippen LogP contribution < -0.4 is 14.2 Å². The third kappa shape index (κ3) is 5.00. The highest BCUT2D eigenvalue weighted by Crippen LogP contribution is 2.46. The lowest BCUT2D eigenvalue weighted by molar-refractivity contribution is 0.389. The third-order valence-corrected chi connectivity index (χ3v) is 4.53. The molecular weight excluding hydrogens is 364 g/mol. The largest absolute Gasteiger partial charge is 0.449 e. The van der Waals surface area contributed by atoms with Gasteiger partial charge in [-0.25, -0.2) is 0 Å². The van der Waals surface area contributed by atoms with E-state index in [0.717, 1.165) is 22.3 Å². The van der Waals surface area contributed by atoms with Crippen LogP contribution in [0.25, 0.3) is 0 Å². The lowest BCUT2D eigenvalue weighted by atomic mass is 9.85. The summed E-state index contributed by atoms with van der Waals surface area (Å²) in [6.07, 6.45) is 3.53. The molecule has 0 aliphatic rings. The van der Waals surface area contributed by atoms with Crippen molar-refractivity contribution in [3.63, 3.8) is 0 Å². The van der Waals surface area contributed by atoms with Crippen molar-refractivity contribution in [2.75, 3.05) is 0 Å². The molecule has 0 atom stereocenters. The van der Waals surface area contributed by atoms with E-state index in [1.54, 1.807) is 12.5 Å². The molecule has 0 saturated carbocycles. The molecule has 0 bridgehead atoms. The van der Waals surface area contributed by atoms with E-state index in [2.05, 4.69) is 0 Å². The maximum absolute atomic E-state index is 9.21. The van der Waals surface area contributed by atoms with Crippen molar-refractivity contribution >= 4 is 0 Å². The Bertz CT molecular complexity index is 916. The predicted octanol–water partition coefficient (Wildman–Crippen LogP) is 6.41. The van der Waals surface area contributed by atoms with Crippen LogP contribution in [0.1, 0.15) is 63.8 Å². The van der Waals surface area contributed by atoms with Crippen LogP contribution in [0.15, 0.2) is 24.3 Å². The average molecular weight is 392 g/mol. The number of nitrogens with zero attached hydrogens (tertiary/aromatic N) is 2. The molecule has 5 nitrogen and oxygen atoms in total. The summed E-state index contributed by atoms with van der Waals surface area (Å²) in [4.78, 5) is 0. The van der Waals surface area contributed by atoms with Gasteiger partial charge in [-0.05, 0) is 47.9 Å². The van der Waals surface area contributed by atoms with Gasteiger partial charge in [-0.2, -0.15) is 0 Å². The zero-order chi connectivity index (χ0) is 22.0. The first kappa shape index (κ1) is 22.1.